The number of carbonyl (C=O) groups excluding carboxylic acids is 3. The molecule has 0 spiro atoms. The Bertz CT molecular complexity index is 1370. The van der Waals surface area contributed by atoms with Crippen molar-refractivity contribution in [3.63, 3.8) is 0 Å². The van der Waals surface area contributed by atoms with Gasteiger partial charge in [0.15, 0.2) is 11.5 Å². The van der Waals surface area contributed by atoms with Gasteiger partial charge in [0.25, 0.3) is 11.7 Å². The largest absolute Gasteiger partial charge is 0.493 e. The van der Waals surface area contributed by atoms with Crippen LogP contribution in [0.5, 0.6) is 17.2 Å². The first kappa shape index (κ1) is 27.9. The Labute approximate surface area is 239 Å². The molecule has 0 unspecified atom stereocenters. The monoisotopic (exact) mass is 558 g/mol. The molecule has 0 aliphatic carbocycles. The van der Waals surface area contributed by atoms with Crippen LogP contribution in [0.25, 0.3) is 0 Å². The van der Waals surface area contributed by atoms with Gasteiger partial charge < -0.3 is 28.9 Å². The number of pyridine rings is 1. The van der Waals surface area contributed by atoms with Gasteiger partial charge in [-0.15, -0.1) is 0 Å². The number of ketones is 1. The molecule has 0 radical (unpaired) electrons. The van der Waals surface area contributed by atoms with Crippen molar-refractivity contribution in [2.24, 2.45) is 0 Å². The lowest BCUT2D eigenvalue weighted by molar-refractivity contribution is -0.142. The first-order valence-corrected chi connectivity index (χ1v) is 13.6. The van der Waals surface area contributed by atoms with Gasteiger partial charge in [0.1, 0.15) is 11.9 Å². The predicted octanol–water partition coefficient (Wildman–Crippen LogP) is 3.02. The van der Waals surface area contributed by atoms with Crippen molar-refractivity contribution in [3.8, 4) is 17.2 Å². The van der Waals surface area contributed by atoms with E-state index in [1.165, 1.54) is 38.4 Å². The van der Waals surface area contributed by atoms with Crippen molar-refractivity contribution in [2.45, 2.75) is 18.4 Å². The Morgan fingerprint density at radius 3 is 2.05 bits per heavy atom. The quantitative estimate of drug-likeness (QED) is 0.307. The van der Waals surface area contributed by atoms with E-state index >= 15 is 0 Å². The van der Waals surface area contributed by atoms with Crippen LogP contribution in [0.15, 0.2) is 66.9 Å². The molecule has 2 saturated heterocycles. The summed E-state index contributed by atoms with van der Waals surface area (Å²) in [7, 11) is 4.36. The maximum atomic E-state index is 14.1. The number of ether oxygens (including phenoxy) is 3. The van der Waals surface area contributed by atoms with E-state index in [0.29, 0.717) is 44.9 Å². The highest BCUT2D eigenvalue weighted by Crippen LogP contribution is 2.39. The molecule has 10 heteroatoms. The minimum atomic E-state index is -0.794. The number of nitrogens with zero attached hydrogens (tertiary/aromatic N) is 4. The standard InChI is InChI=1S/C31H34N4O6/c1-39-24-19-22(20-25(40-2)29(24)41-3)28(36)31(38)35-14-12-23(21-9-5-4-6-10-21)27(35)30(37)34-17-15-33(16-18-34)26-11-7-8-13-32-26/h4-11,13,19-20,23,27H,12,14-18H2,1-3H3/t23-,27+/m1/s1. The maximum Gasteiger partial charge on any atom is 0.295 e. The molecule has 0 bridgehead atoms. The van der Waals surface area contributed by atoms with Gasteiger partial charge in [0, 0.05) is 50.4 Å². The molecule has 2 aliphatic rings. The van der Waals surface area contributed by atoms with Crippen LogP contribution < -0.4 is 19.1 Å². The number of benzene rings is 2. The molecule has 3 aromatic rings. The second-order valence-electron chi connectivity index (χ2n) is 9.99. The number of aromatic nitrogens is 1. The Kier molecular flexibility index (Phi) is 8.37. The molecule has 1 aromatic heterocycles. The highest BCUT2D eigenvalue weighted by atomic mass is 16.5. The molecule has 0 saturated carbocycles. The fourth-order valence-electron chi connectivity index (χ4n) is 5.72. The minimum Gasteiger partial charge on any atom is -0.493 e. The fraction of sp³-hybridized carbons (Fsp3) is 0.355. The first-order valence-electron chi connectivity index (χ1n) is 13.6. The van der Waals surface area contributed by atoms with E-state index in [0.717, 1.165) is 11.4 Å². The second-order valence-corrected chi connectivity index (χ2v) is 9.99. The van der Waals surface area contributed by atoms with E-state index in [2.05, 4.69) is 9.88 Å². The number of anilines is 1. The topological polar surface area (TPSA) is 102 Å². The Morgan fingerprint density at radius 1 is 0.805 bits per heavy atom. The Morgan fingerprint density at radius 2 is 1.46 bits per heavy atom. The number of Topliss-reactive ketones (excluding diaryl/α,β-unsaturated/α-hetero) is 1. The summed E-state index contributed by atoms with van der Waals surface area (Å²) in [6.07, 6.45) is 2.33. The highest BCUT2D eigenvalue weighted by Gasteiger charge is 2.46. The average Bonchev–Trinajstić information content (AvgIpc) is 3.49. The van der Waals surface area contributed by atoms with Gasteiger partial charge in [-0.25, -0.2) is 4.98 Å². The van der Waals surface area contributed by atoms with E-state index in [1.807, 2.05) is 48.5 Å². The number of amides is 2. The van der Waals surface area contributed by atoms with Gasteiger partial charge in [0.2, 0.25) is 11.7 Å². The molecular formula is C31H34N4O6. The zero-order valence-electron chi connectivity index (χ0n) is 23.5. The normalized spacial score (nSPS) is 18.7. The summed E-state index contributed by atoms with van der Waals surface area (Å²) in [6, 6.07) is 17.6. The lowest BCUT2D eigenvalue weighted by Gasteiger charge is -2.38. The number of hydrogen-bond acceptors (Lipinski definition) is 8. The van der Waals surface area contributed by atoms with Crippen LogP contribution in [0, 0.1) is 0 Å². The molecule has 214 valence electrons. The number of methoxy groups -OCH3 is 3. The van der Waals surface area contributed by atoms with E-state index in [1.54, 1.807) is 11.1 Å². The van der Waals surface area contributed by atoms with Crippen molar-refractivity contribution < 1.29 is 28.6 Å². The third-order valence-corrected chi connectivity index (χ3v) is 7.83. The minimum absolute atomic E-state index is 0.0998. The van der Waals surface area contributed by atoms with Crippen molar-refractivity contribution >= 4 is 23.4 Å². The molecule has 0 N–H and O–H groups in total. The van der Waals surface area contributed by atoms with Gasteiger partial charge in [-0.1, -0.05) is 36.4 Å². The Hall–Kier alpha value is -4.60. The van der Waals surface area contributed by atoms with Crippen molar-refractivity contribution in [1.82, 2.24) is 14.8 Å². The Balaban J connectivity index is 1.41. The van der Waals surface area contributed by atoms with Crippen LogP contribution >= 0.6 is 0 Å². The SMILES string of the molecule is COc1cc(C(=O)C(=O)N2CC[C@H](c3ccccc3)[C@H]2C(=O)N2CCN(c3ccccn3)CC2)cc(OC)c1OC. The third kappa shape index (κ3) is 5.54. The molecule has 5 rings (SSSR count). The molecule has 2 atom stereocenters. The van der Waals surface area contributed by atoms with Crippen LogP contribution in [0.3, 0.4) is 0 Å². The number of likely N-dealkylation sites (tertiary alicyclic amines) is 1. The zero-order valence-corrected chi connectivity index (χ0v) is 23.5. The van der Waals surface area contributed by atoms with Gasteiger partial charge in [-0.05, 0) is 36.2 Å². The summed E-state index contributed by atoms with van der Waals surface area (Å²) in [5.41, 5.74) is 1.07. The van der Waals surface area contributed by atoms with Crippen LogP contribution in [0.2, 0.25) is 0 Å². The summed E-state index contributed by atoms with van der Waals surface area (Å²) in [5.74, 6) is -0.122. The maximum absolute atomic E-state index is 14.1. The van der Waals surface area contributed by atoms with Gasteiger partial charge in [-0.2, -0.15) is 0 Å². The summed E-state index contributed by atoms with van der Waals surface area (Å²) < 4.78 is 16.1. The van der Waals surface area contributed by atoms with Gasteiger partial charge in [-0.3, -0.25) is 14.4 Å². The number of rotatable bonds is 8. The molecule has 2 fully saturated rings. The smallest absolute Gasteiger partial charge is 0.295 e. The van der Waals surface area contributed by atoms with E-state index in [4.69, 9.17) is 14.2 Å². The first-order chi connectivity index (χ1) is 20.0. The van der Waals surface area contributed by atoms with Crippen molar-refractivity contribution in [3.05, 3.63) is 78.0 Å². The lowest BCUT2D eigenvalue weighted by atomic mass is 9.90. The van der Waals surface area contributed by atoms with Crippen LogP contribution in [-0.4, -0.2) is 92.5 Å². The van der Waals surface area contributed by atoms with E-state index < -0.39 is 17.7 Å². The number of hydrogen-bond donors (Lipinski definition) is 0. The fourth-order valence-corrected chi connectivity index (χ4v) is 5.72. The van der Waals surface area contributed by atoms with Crippen molar-refractivity contribution in [1.29, 1.82) is 0 Å². The molecule has 2 aliphatic heterocycles. The number of carbonyl (C=O) groups is 3. The van der Waals surface area contributed by atoms with Crippen molar-refractivity contribution in [2.75, 3.05) is 59.0 Å². The predicted molar refractivity (Wildman–Crippen MR) is 153 cm³/mol. The molecule has 2 amide bonds. The summed E-state index contributed by atoms with van der Waals surface area (Å²) in [6.45, 7) is 2.54. The highest BCUT2D eigenvalue weighted by molar-refractivity contribution is 6.43. The van der Waals surface area contributed by atoms with E-state index in [-0.39, 0.29) is 28.9 Å². The van der Waals surface area contributed by atoms with Crippen LogP contribution in [-0.2, 0) is 9.59 Å². The molecular weight excluding hydrogens is 524 g/mol. The van der Waals surface area contributed by atoms with Crippen LogP contribution in [0.1, 0.15) is 28.3 Å². The molecule has 2 aromatic carbocycles. The average molecular weight is 559 g/mol. The molecule has 41 heavy (non-hydrogen) atoms. The third-order valence-electron chi connectivity index (χ3n) is 7.83. The zero-order chi connectivity index (χ0) is 28.9. The number of piperazine rings is 1. The molecule has 3 heterocycles. The summed E-state index contributed by atoms with van der Waals surface area (Å²) in [4.78, 5) is 51.3. The summed E-state index contributed by atoms with van der Waals surface area (Å²) >= 11 is 0. The van der Waals surface area contributed by atoms with Gasteiger partial charge >= 0.3 is 0 Å². The summed E-state index contributed by atoms with van der Waals surface area (Å²) in [5, 5.41) is 0. The van der Waals surface area contributed by atoms with Gasteiger partial charge in [0.05, 0.1) is 21.3 Å². The van der Waals surface area contributed by atoms with Crippen LogP contribution in [0.4, 0.5) is 5.82 Å². The second kappa shape index (κ2) is 12.3. The molecule has 10 nitrogen and oxygen atoms in total. The lowest BCUT2D eigenvalue weighted by Crippen LogP contribution is -2.56. The van der Waals surface area contributed by atoms with E-state index in [9.17, 15) is 14.4 Å².